The topological polar surface area (TPSA) is 32.3 Å². The average molecular weight is 338 g/mol. The van der Waals surface area contributed by atoms with Crippen molar-refractivity contribution in [3.05, 3.63) is 9.15 Å². The Labute approximate surface area is 113 Å². The third-order valence-electron chi connectivity index (χ3n) is 2.32. The first-order valence-electron chi connectivity index (χ1n) is 5.54. The quantitative estimate of drug-likeness (QED) is 0.617. The van der Waals surface area contributed by atoms with Crippen LogP contribution in [-0.2, 0) is 4.79 Å². The van der Waals surface area contributed by atoms with Crippen molar-refractivity contribution in [2.45, 2.75) is 33.7 Å². The molecule has 0 heterocycles. The molecule has 0 aromatic carbocycles. The Morgan fingerprint density at radius 3 is 2.12 bits per heavy atom. The van der Waals surface area contributed by atoms with E-state index in [1.165, 1.54) is 0 Å². The Kier molecular flexibility index (Phi) is 7.22. The number of rotatable bonds is 5. The minimum atomic E-state index is 0.0427. The predicted octanol–water partition coefficient (Wildman–Crippen LogP) is 2.42. The summed E-state index contributed by atoms with van der Waals surface area (Å²) in [6.45, 7) is 9.04. The molecule has 0 saturated heterocycles. The zero-order valence-corrected chi connectivity index (χ0v) is 13.3. The van der Waals surface area contributed by atoms with Crippen molar-refractivity contribution in [3.63, 3.8) is 0 Å². The monoisotopic (exact) mass is 338 g/mol. The van der Waals surface area contributed by atoms with Gasteiger partial charge in [-0.2, -0.15) is 0 Å². The lowest BCUT2D eigenvalue weighted by atomic mass is 10.0. The number of carbonyl (C=O) groups excluding carboxylic acids is 1. The van der Waals surface area contributed by atoms with Gasteiger partial charge >= 0.3 is 0 Å². The first-order valence-corrected chi connectivity index (χ1v) is 6.62. The smallest absolute Gasteiger partial charge is 0.257 e. The number of nitrogens with zero attached hydrogens (tertiary/aromatic N) is 1. The summed E-state index contributed by atoms with van der Waals surface area (Å²) < 4.78 is 0.794. The molecule has 0 radical (unpaired) electrons. The minimum Gasteiger partial charge on any atom is -0.347 e. The van der Waals surface area contributed by atoms with Crippen LogP contribution in [0.1, 0.15) is 27.7 Å². The number of hydrogen-bond donors (Lipinski definition) is 1. The van der Waals surface area contributed by atoms with Crippen molar-refractivity contribution < 1.29 is 4.79 Å². The van der Waals surface area contributed by atoms with Crippen LogP contribution in [0.25, 0.3) is 0 Å². The van der Waals surface area contributed by atoms with Crippen molar-refractivity contribution in [1.29, 1.82) is 0 Å². The van der Waals surface area contributed by atoms with Gasteiger partial charge in [-0.3, -0.25) is 4.79 Å². The SMILES string of the molecule is CC(C)=C(I)C(=O)N[C@H](CN(C)C)C(C)C. The number of carbonyl (C=O) groups is 1. The van der Waals surface area contributed by atoms with Gasteiger partial charge in [-0.05, 0) is 56.5 Å². The van der Waals surface area contributed by atoms with Crippen molar-refractivity contribution in [1.82, 2.24) is 10.2 Å². The highest BCUT2D eigenvalue weighted by molar-refractivity contribution is 14.1. The molecule has 1 atom stereocenters. The Morgan fingerprint density at radius 2 is 1.81 bits per heavy atom. The van der Waals surface area contributed by atoms with Gasteiger partial charge in [-0.25, -0.2) is 0 Å². The molecule has 0 aliphatic heterocycles. The van der Waals surface area contributed by atoms with Crippen LogP contribution in [0, 0.1) is 5.92 Å². The number of allylic oxidation sites excluding steroid dienone is 1. The van der Waals surface area contributed by atoms with Gasteiger partial charge in [0, 0.05) is 12.6 Å². The van der Waals surface area contributed by atoms with Crippen molar-refractivity contribution in [2.24, 2.45) is 5.92 Å². The first kappa shape index (κ1) is 15.9. The van der Waals surface area contributed by atoms with Crippen LogP contribution in [0.5, 0.6) is 0 Å². The molecule has 0 aromatic rings. The van der Waals surface area contributed by atoms with E-state index in [0.717, 1.165) is 15.7 Å². The third kappa shape index (κ3) is 5.84. The number of likely N-dealkylation sites (N-methyl/N-ethyl adjacent to an activating group) is 1. The zero-order chi connectivity index (χ0) is 12.9. The predicted molar refractivity (Wildman–Crippen MR) is 77.7 cm³/mol. The zero-order valence-electron chi connectivity index (χ0n) is 11.1. The van der Waals surface area contributed by atoms with Crippen molar-refractivity contribution in [2.75, 3.05) is 20.6 Å². The molecule has 16 heavy (non-hydrogen) atoms. The molecule has 4 heteroatoms. The molecular weight excluding hydrogens is 315 g/mol. The molecule has 0 aliphatic carbocycles. The fraction of sp³-hybridized carbons (Fsp3) is 0.750. The maximum absolute atomic E-state index is 11.9. The van der Waals surface area contributed by atoms with Crippen LogP contribution in [0.15, 0.2) is 9.15 Å². The highest BCUT2D eigenvalue weighted by Crippen LogP contribution is 2.13. The van der Waals surface area contributed by atoms with E-state index in [1.807, 2.05) is 27.9 Å². The van der Waals surface area contributed by atoms with Crippen LogP contribution in [0.4, 0.5) is 0 Å². The number of amides is 1. The molecule has 0 unspecified atom stereocenters. The lowest BCUT2D eigenvalue weighted by Gasteiger charge is -2.25. The van der Waals surface area contributed by atoms with E-state index in [4.69, 9.17) is 0 Å². The summed E-state index contributed by atoms with van der Waals surface area (Å²) in [5, 5.41) is 3.08. The third-order valence-corrected chi connectivity index (χ3v) is 3.89. The van der Waals surface area contributed by atoms with Gasteiger partial charge in [0.25, 0.3) is 5.91 Å². The second kappa shape index (κ2) is 7.27. The second-order valence-corrected chi connectivity index (χ2v) is 5.98. The Morgan fingerprint density at radius 1 is 1.31 bits per heavy atom. The van der Waals surface area contributed by atoms with E-state index >= 15 is 0 Å². The fourth-order valence-electron chi connectivity index (χ4n) is 1.28. The average Bonchev–Trinajstić information content (AvgIpc) is 2.14. The van der Waals surface area contributed by atoms with Gasteiger partial charge < -0.3 is 10.2 Å². The van der Waals surface area contributed by atoms with Crippen LogP contribution in [-0.4, -0.2) is 37.5 Å². The summed E-state index contributed by atoms with van der Waals surface area (Å²) in [5.41, 5.74) is 1.06. The Bertz CT molecular complexity index is 268. The van der Waals surface area contributed by atoms with E-state index < -0.39 is 0 Å². The molecule has 0 saturated carbocycles. The van der Waals surface area contributed by atoms with Gasteiger partial charge in [0.2, 0.25) is 0 Å². The minimum absolute atomic E-state index is 0.0427. The standard InChI is InChI=1S/C12H23IN2O/c1-8(2)10(7-15(5)6)14-12(16)11(13)9(3)4/h8,10H,7H2,1-6H3,(H,14,16)/t10-/m1/s1. The molecule has 0 bridgehead atoms. The van der Waals surface area contributed by atoms with Crippen LogP contribution < -0.4 is 5.32 Å². The van der Waals surface area contributed by atoms with E-state index in [-0.39, 0.29) is 11.9 Å². The van der Waals surface area contributed by atoms with E-state index in [2.05, 4.69) is 46.7 Å². The van der Waals surface area contributed by atoms with E-state index in [1.54, 1.807) is 0 Å². The summed E-state index contributed by atoms with van der Waals surface area (Å²) >= 11 is 2.10. The molecular formula is C12H23IN2O. The summed E-state index contributed by atoms with van der Waals surface area (Å²) in [4.78, 5) is 14.0. The largest absolute Gasteiger partial charge is 0.347 e. The van der Waals surface area contributed by atoms with Crippen LogP contribution >= 0.6 is 22.6 Å². The molecule has 3 nitrogen and oxygen atoms in total. The summed E-state index contributed by atoms with van der Waals surface area (Å²) in [5.74, 6) is 0.480. The highest BCUT2D eigenvalue weighted by Gasteiger charge is 2.18. The van der Waals surface area contributed by atoms with Gasteiger partial charge in [-0.15, -0.1) is 0 Å². The van der Waals surface area contributed by atoms with Gasteiger partial charge in [0.05, 0.1) is 3.58 Å². The van der Waals surface area contributed by atoms with E-state index in [0.29, 0.717) is 5.92 Å². The van der Waals surface area contributed by atoms with Crippen LogP contribution in [0.3, 0.4) is 0 Å². The highest BCUT2D eigenvalue weighted by atomic mass is 127. The number of hydrogen-bond acceptors (Lipinski definition) is 2. The maximum Gasteiger partial charge on any atom is 0.257 e. The first-order chi connectivity index (χ1) is 7.25. The normalized spacial score (nSPS) is 12.8. The van der Waals surface area contributed by atoms with Crippen molar-refractivity contribution >= 4 is 28.5 Å². The molecule has 94 valence electrons. The molecule has 0 spiro atoms. The molecule has 0 aliphatic rings. The summed E-state index contributed by atoms with van der Waals surface area (Å²) in [7, 11) is 4.04. The lowest BCUT2D eigenvalue weighted by Crippen LogP contribution is -2.45. The van der Waals surface area contributed by atoms with Gasteiger partial charge in [-0.1, -0.05) is 19.4 Å². The second-order valence-electron chi connectivity index (χ2n) is 4.90. The molecule has 0 rings (SSSR count). The number of nitrogens with one attached hydrogen (secondary N) is 1. The lowest BCUT2D eigenvalue weighted by molar-refractivity contribution is -0.117. The molecule has 0 aromatic heterocycles. The maximum atomic E-state index is 11.9. The van der Waals surface area contributed by atoms with Gasteiger partial charge in [0.1, 0.15) is 0 Å². The molecule has 1 amide bonds. The molecule has 0 fully saturated rings. The van der Waals surface area contributed by atoms with Gasteiger partial charge in [0.15, 0.2) is 0 Å². The number of halogens is 1. The Hall–Kier alpha value is -0.100. The van der Waals surface area contributed by atoms with Crippen molar-refractivity contribution in [3.8, 4) is 0 Å². The molecule has 1 N–H and O–H groups in total. The Balaban J connectivity index is 4.53. The summed E-state index contributed by atoms with van der Waals surface area (Å²) in [6.07, 6.45) is 0. The summed E-state index contributed by atoms with van der Waals surface area (Å²) in [6, 6.07) is 0.201. The van der Waals surface area contributed by atoms with E-state index in [9.17, 15) is 4.79 Å². The van der Waals surface area contributed by atoms with Crippen LogP contribution in [0.2, 0.25) is 0 Å². The fourth-order valence-corrected chi connectivity index (χ4v) is 1.43.